The van der Waals surface area contributed by atoms with Crippen LogP contribution in [0, 0.1) is 0 Å². The molecule has 4 heteroatoms. The second-order valence-corrected chi connectivity index (χ2v) is 6.53. The molecular formula is C17H18N2OS. The zero-order valence-corrected chi connectivity index (χ0v) is 12.7. The molecule has 1 amide bonds. The molecule has 0 fully saturated rings. The highest BCUT2D eigenvalue weighted by Gasteiger charge is 2.21. The van der Waals surface area contributed by atoms with Gasteiger partial charge in [0.1, 0.15) is 0 Å². The minimum absolute atomic E-state index is 0.0455. The number of hydrogen-bond donors (Lipinski definition) is 2. The number of rotatable bonds is 4. The second kappa shape index (κ2) is 6.22. The van der Waals surface area contributed by atoms with E-state index in [9.17, 15) is 4.79 Å². The normalized spacial score (nSPS) is 16.3. The third-order valence-corrected chi connectivity index (χ3v) is 4.77. The van der Waals surface area contributed by atoms with Crippen LogP contribution >= 0.6 is 11.8 Å². The second-order valence-electron chi connectivity index (χ2n) is 5.19. The molecule has 3 rings (SSSR count). The Balaban J connectivity index is 1.53. The van der Waals surface area contributed by atoms with Gasteiger partial charge in [0.05, 0.1) is 0 Å². The third-order valence-electron chi connectivity index (χ3n) is 3.45. The first-order valence-corrected chi connectivity index (χ1v) is 7.95. The molecule has 0 saturated heterocycles. The minimum atomic E-state index is -0.0455. The van der Waals surface area contributed by atoms with Crippen molar-refractivity contribution >= 4 is 29.0 Å². The summed E-state index contributed by atoms with van der Waals surface area (Å²) in [6.45, 7) is 2.46. The standard InChI is InChI=1S/C17H18N2OS/c1-12(20)19-15-8-6-14(7-9-15)18-11-16-10-13-4-2-3-5-17(13)21-16/h2-9,16,18H,10-11H2,1H3,(H,19,20). The van der Waals surface area contributed by atoms with Crippen molar-refractivity contribution in [2.24, 2.45) is 0 Å². The van der Waals surface area contributed by atoms with Gasteiger partial charge in [-0.2, -0.15) is 0 Å². The van der Waals surface area contributed by atoms with E-state index in [0.717, 1.165) is 24.3 Å². The van der Waals surface area contributed by atoms with E-state index in [1.807, 2.05) is 36.0 Å². The van der Waals surface area contributed by atoms with Crippen molar-refractivity contribution in [3.8, 4) is 0 Å². The van der Waals surface area contributed by atoms with Crippen LogP contribution in [0.5, 0.6) is 0 Å². The molecule has 1 aliphatic rings. The molecule has 2 aromatic carbocycles. The lowest BCUT2D eigenvalue weighted by atomic mass is 10.1. The highest BCUT2D eigenvalue weighted by atomic mass is 32.2. The molecule has 3 nitrogen and oxygen atoms in total. The lowest BCUT2D eigenvalue weighted by molar-refractivity contribution is -0.114. The quantitative estimate of drug-likeness (QED) is 0.902. The summed E-state index contributed by atoms with van der Waals surface area (Å²) >= 11 is 1.95. The van der Waals surface area contributed by atoms with E-state index in [1.165, 1.54) is 17.4 Å². The molecule has 0 saturated carbocycles. The van der Waals surface area contributed by atoms with Gasteiger partial charge in [0.25, 0.3) is 0 Å². The molecule has 0 radical (unpaired) electrons. The number of fused-ring (bicyclic) bond motifs is 1. The average molecular weight is 298 g/mol. The van der Waals surface area contributed by atoms with Gasteiger partial charge in [-0.05, 0) is 42.3 Å². The van der Waals surface area contributed by atoms with Crippen molar-refractivity contribution in [2.75, 3.05) is 17.2 Å². The molecule has 1 unspecified atom stereocenters. The van der Waals surface area contributed by atoms with E-state index in [2.05, 4.69) is 34.9 Å². The first-order chi connectivity index (χ1) is 10.2. The van der Waals surface area contributed by atoms with Gasteiger partial charge in [-0.3, -0.25) is 4.79 Å². The van der Waals surface area contributed by atoms with Crippen LogP contribution in [0.15, 0.2) is 53.4 Å². The van der Waals surface area contributed by atoms with E-state index in [0.29, 0.717) is 5.25 Å². The fraction of sp³-hybridized carbons (Fsp3) is 0.235. The summed E-state index contributed by atoms with van der Waals surface area (Å²) in [5.74, 6) is -0.0455. The summed E-state index contributed by atoms with van der Waals surface area (Å²) in [4.78, 5) is 12.4. The Kier molecular flexibility index (Phi) is 4.15. The summed E-state index contributed by atoms with van der Waals surface area (Å²) in [7, 11) is 0. The van der Waals surface area contributed by atoms with Crippen LogP contribution in [0.1, 0.15) is 12.5 Å². The van der Waals surface area contributed by atoms with Crippen LogP contribution < -0.4 is 10.6 Å². The Hall–Kier alpha value is -1.94. The van der Waals surface area contributed by atoms with Crippen molar-refractivity contribution in [2.45, 2.75) is 23.5 Å². The van der Waals surface area contributed by atoms with Crippen LogP contribution in [0.25, 0.3) is 0 Å². The monoisotopic (exact) mass is 298 g/mol. The van der Waals surface area contributed by atoms with Gasteiger partial charge < -0.3 is 10.6 Å². The molecule has 2 N–H and O–H groups in total. The van der Waals surface area contributed by atoms with Crippen LogP contribution in [0.2, 0.25) is 0 Å². The summed E-state index contributed by atoms with van der Waals surface area (Å²) < 4.78 is 0. The Morgan fingerprint density at radius 2 is 1.86 bits per heavy atom. The van der Waals surface area contributed by atoms with Gasteiger partial charge >= 0.3 is 0 Å². The maximum absolute atomic E-state index is 11.0. The number of hydrogen-bond acceptors (Lipinski definition) is 3. The number of anilines is 2. The van der Waals surface area contributed by atoms with E-state index in [1.54, 1.807) is 0 Å². The molecule has 0 aromatic heterocycles. The van der Waals surface area contributed by atoms with E-state index in [-0.39, 0.29) is 5.91 Å². The smallest absolute Gasteiger partial charge is 0.221 e. The van der Waals surface area contributed by atoms with Gasteiger partial charge in [0.15, 0.2) is 0 Å². The van der Waals surface area contributed by atoms with Crippen molar-refractivity contribution in [3.63, 3.8) is 0 Å². The first kappa shape index (κ1) is 14.0. The van der Waals surface area contributed by atoms with Crippen LogP contribution in [0.4, 0.5) is 11.4 Å². The van der Waals surface area contributed by atoms with Crippen molar-refractivity contribution < 1.29 is 4.79 Å². The fourth-order valence-corrected chi connectivity index (χ4v) is 3.72. The number of carbonyl (C=O) groups is 1. The maximum Gasteiger partial charge on any atom is 0.221 e. The molecule has 108 valence electrons. The van der Waals surface area contributed by atoms with Crippen LogP contribution in [-0.4, -0.2) is 17.7 Å². The minimum Gasteiger partial charge on any atom is -0.384 e. The van der Waals surface area contributed by atoms with E-state index < -0.39 is 0 Å². The molecule has 0 bridgehead atoms. The Bertz CT molecular complexity index is 614. The molecule has 1 aliphatic heterocycles. The summed E-state index contributed by atoms with van der Waals surface area (Å²) in [6, 6.07) is 16.4. The SMILES string of the molecule is CC(=O)Nc1ccc(NCC2Cc3ccccc3S2)cc1. The topological polar surface area (TPSA) is 41.1 Å². The van der Waals surface area contributed by atoms with E-state index in [4.69, 9.17) is 0 Å². The largest absolute Gasteiger partial charge is 0.384 e. The van der Waals surface area contributed by atoms with Gasteiger partial charge in [0.2, 0.25) is 5.91 Å². The van der Waals surface area contributed by atoms with Crippen molar-refractivity contribution in [1.82, 2.24) is 0 Å². The first-order valence-electron chi connectivity index (χ1n) is 7.07. The predicted molar refractivity (Wildman–Crippen MR) is 89.0 cm³/mol. The van der Waals surface area contributed by atoms with Gasteiger partial charge in [-0.15, -0.1) is 11.8 Å². The highest BCUT2D eigenvalue weighted by molar-refractivity contribution is 8.00. The molecule has 0 spiro atoms. The maximum atomic E-state index is 11.0. The highest BCUT2D eigenvalue weighted by Crippen LogP contribution is 2.36. The summed E-state index contributed by atoms with van der Waals surface area (Å²) in [5.41, 5.74) is 3.37. The predicted octanol–water partition coefficient (Wildman–Crippen LogP) is 3.77. The molecule has 21 heavy (non-hydrogen) atoms. The third kappa shape index (κ3) is 3.58. The fourth-order valence-electron chi connectivity index (χ4n) is 2.47. The number of nitrogens with one attached hydrogen (secondary N) is 2. The lowest BCUT2D eigenvalue weighted by Gasteiger charge is -2.12. The van der Waals surface area contributed by atoms with Crippen LogP contribution in [0.3, 0.4) is 0 Å². The number of thioether (sulfide) groups is 1. The summed E-state index contributed by atoms with van der Waals surface area (Å²) in [5, 5.41) is 6.82. The van der Waals surface area contributed by atoms with Gasteiger partial charge in [0, 0.05) is 35.0 Å². The molecule has 0 aliphatic carbocycles. The molecule has 1 atom stereocenters. The molecular weight excluding hydrogens is 280 g/mol. The Morgan fingerprint density at radius 1 is 1.14 bits per heavy atom. The van der Waals surface area contributed by atoms with Gasteiger partial charge in [-0.25, -0.2) is 0 Å². The number of benzene rings is 2. The van der Waals surface area contributed by atoms with Crippen LogP contribution in [-0.2, 0) is 11.2 Å². The zero-order chi connectivity index (χ0) is 14.7. The average Bonchev–Trinajstić information content (AvgIpc) is 2.89. The molecule has 2 aromatic rings. The zero-order valence-electron chi connectivity index (χ0n) is 11.9. The van der Waals surface area contributed by atoms with Crippen molar-refractivity contribution in [3.05, 3.63) is 54.1 Å². The lowest BCUT2D eigenvalue weighted by Crippen LogP contribution is -2.15. The molecule has 1 heterocycles. The number of amides is 1. The Labute approximate surface area is 129 Å². The Morgan fingerprint density at radius 3 is 2.57 bits per heavy atom. The van der Waals surface area contributed by atoms with Crippen molar-refractivity contribution in [1.29, 1.82) is 0 Å². The summed E-state index contributed by atoms with van der Waals surface area (Å²) in [6.07, 6.45) is 1.12. The number of carbonyl (C=O) groups excluding carboxylic acids is 1. The van der Waals surface area contributed by atoms with Gasteiger partial charge in [-0.1, -0.05) is 18.2 Å². The van der Waals surface area contributed by atoms with E-state index >= 15 is 0 Å².